The lowest BCUT2D eigenvalue weighted by molar-refractivity contribution is 0.106. The summed E-state index contributed by atoms with van der Waals surface area (Å²) < 4.78 is 12.1. The number of Topliss-reactive ketones (excluding diaryl/α,β-unsaturated/α-hetero) is 1. The smallest absolute Gasteiger partial charge is 0.266 e. The van der Waals surface area contributed by atoms with Gasteiger partial charge >= 0.3 is 0 Å². The van der Waals surface area contributed by atoms with Crippen molar-refractivity contribution in [2.45, 2.75) is 6.92 Å². The summed E-state index contributed by atoms with van der Waals surface area (Å²) in [5.74, 6) is 1.25. The molecule has 2 heterocycles. The Balaban J connectivity index is 1.69. The van der Waals surface area contributed by atoms with Gasteiger partial charge in [0.2, 0.25) is 0 Å². The van der Waals surface area contributed by atoms with Crippen molar-refractivity contribution >= 4 is 29.3 Å². The van der Waals surface area contributed by atoms with Gasteiger partial charge in [-0.2, -0.15) is 0 Å². The third kappa shape index (κ3) is 3.71. The highest BCUT2D eigenvalue weighted by Crippen LogP contribution is 2.30. The lowest BCUT2D eigenvalue weighted by Gasteiger charge is -2.18. The second kappa shape index (κ2) is 7.25. The van der Waals surface area contributed by atoms with E-state index in [0.29, 0.717) is 39.5 Å². The summed E-state index contributed by atoms with van der Waals surface area (Å²) in [7, 11) is 0. The van der Waals surface area contributed by atoms with E-state index in [9.17, 15) is 9.59 Å². The maximum absolute atomic E-state index is 12.5. The summed E-state index contributed by atoms with van der Waals surface area (Å²) in [6, 6.07) is 12.9. The summed E-state index contributed by atoms with van der Waals surface area (Å²) in [6.07, 6.45) is 3.24. The highest BCUT2D eigenvalue weighted by molar-refractivity contribution is 7.07. The second-order valence-corrected chi connectivity index (χ2v) is 7.24. The number of carbonyl (C=O) groups is 1. The number of fused-ring (bicyclic) bond motifs is 1. The molecule has 0 bridgehead atoms. The van der Waals surface area contributed by atoms with E-state index in [0.717, 1.165) is 11.1 Å². The first kappa shape index (κ1) is 17.3. The second-order valence-electron chi connectivity index (χ2n) is 6.16. The lowest BCUT2D eigenvalue weighted by Crippen LogP contribution is -2.20. The average molecular weight is 379 g/mol. The number of aromatic nitrogens is 1. The standard InChI is InChI=1S/C21H17NO4S/c1-13-4-2-3-5-15(13)16(23)12-20-22-21(24)19(27-20)11-14-6-7-17-18(10-14)26-9-8-25-17/h2-7,10-12H,8-9H2,1H3,(H,22,24)/b19-11+,20-12+. The molecule has 0 saturated heterocycles. The van der Waals surface area contributed by atoms with Crippen molar-refractivity contribution in [1.82, 2.24) is 4.98 Å². The number of hydrogen-bond donors (Lipinski definition) is 1. The number of ether oxygens (including phenoxy) is 2. The zero-order valence-corrected chi connectivity index (χ0v) is 15.5. The number of carbonyl (C=O) groups excluding carboxylic acids is 1. The highest BCUT2D eigenvalue weighted by Gasteiger charge is 2.11. The van der Waals surface area contributed by atoms with E-state index in [1.54, 1.807) is 12.1 Å². The van der Waals surface area contributed by atoms with Crippen LogP contribution < -0.4 is 24.2 Å². The number of aryl methyl sites for hydroxylation is 1. The quantitative estimate of drug-likeness (QED) is 0.707. The van der Waals surface area contributed by atoms with E-state index in [-0.39, 0.29) is 11.3 Å². The van der Waals surface area contributed by atoms with Gasteiger partial charge in [0.15, 0.2) is 17.3 Å². The summed E-state index contributed by atoms with van der Waals surface area (Å²) in [4.78, 5) is 27.5. The number of rotatable bonds is 3. The molecule has 5 nitrogen and oxygen atoms in total. The molecule has 27 heavy (non-hydrogen) atoms. The van der Waals surface area contributed by atoms with Crippen LogP contribution in [0.25, 0.3) is 12.2 Å². The minimum atomic E-state index is -0.223. The minimum Gasteiger partial charge on any atom is -0.486 e. The fourth-order valence-electron chi connectivity index (χ4n) is 2.87. The Morgan fingerprint density at radius 1 is 1.11 bits per heavy atom. The van der Waals surface area contributed by atoms with Crippen LogP contribution in [-0.2, 0) is 0 Å². The van der Waals surface area contributed by atoms with E-state index < -0.39 is 0 Å². The van der Waals surface area contributed by atoms with Crippen LogP contribution in [0.15, 0.2) is 47.3 Å². The van der Waals surface area contributed by atoms with Crippen LogP contribution in [-0.4, -0.2) is 24.0 Å². The Bertz CT molecular complexity index is 1190. The predicted molar refractivity (Wildman–Crippen MR) is 105 cm³/mol. The predicted octanol–water partition coefficient (Wildman–Crippen LogP) is 2.01. The van der Waals surface area contributed by atoms with Gasteiger partial charge in [0.1, 0.15) is 13.2 Å². The number of ketones is 1. The molecule has 4 rings (SSSR count). The molecular weight excluding hydrogens is 362 g/mol. The molecule has 0 saturated carbocycles. The first-order valence-corrected chi connectivity index (χ1v) is 9.34. The number of benzene rings is 2. The molecule has 0 spiro atoms. The largest absolute Gasteiger partial charge is 0.486 e. The first-order chi connectivity index (χ1) is 13.1. The van der Waals surface area contributed by atoms with Crippen LogP contribution in [0, 0.1) is 6.92 Å². The topological polar surface area (TPSA) is 68.4 Å². The molecule has 0 fully saturated rings. The van der Waals surface area contributed by atoms with Gasteiger partial charge in [-0.05, 0) is 36.3 Å². The Kier molecular flexibility index (Phi) is 4.64. The molecule has 2 aromatic carbocycles. The Morgan fingerprint density at radius 2 is 1.89 bits per heavy atom. The van der Waals surface area contributed by atoms with E-state index in [1.165, 1.54) is 17.4 Å². The van der Waals surface area contributed by atoms with Crippen molar-refractivity contribution in [1.29, 1.82) is 0 Å². The molecule has 0 radical (unpaired) electrons. The van der Waals surface area contributed by atoms with Crippen molar-refractivity contribution in [2.75, 3.05) is 13.2 Å². The van der Waals surface area contributed by atoms with Gasteiger partial charge in [-0.3, -0.25) is 9.59 Å². The van der Waals surface area contributed by atoms with Gasteiger partial charge in [0, 0.05) is 11.6 Å². The number of thiazole rings is 1. The van der Waals surface area contributed by atoms with Crippen LogP contribution in [0.1, 0.15) is 21.5 Å². The number of H-pyrrole nitrogens is 1. The number of nitrogens with one attached hydrogen (secondary N) is 1. The van der Waals surface area contributed by atoms with Crippen LogP contribution in [0.4, 0.5) is 0 Å². The molecule has 3 aromatic rings. The van der Waals surface area contributed by atoms with E-state index in [2.05, 4.69) is 4.98 Å². The third-order valence-electron chi connectivity index (χ3n) is 4.22. The van der Waals surface area contributed by atoms with Gasteiger partial charge in [-0.1, -0.05) is 30.3 Å². The zero-order chi connectivity index (χ0) is 18.8. The number of hydrogen-bond acceptors (Lipinski definition) is 5. The lowest BCUT2D eigenvalue weighted by atomic mass is 10.1. The van der Waals surface area contributed by atoms with E-state index >= 15 is 0 Å². The van der Waals surface area contributed by atoms with Gasteiger partial charge in [0.05, 0.1) is 9.20 Å². The molecule has 136 valence electrons. The minimum absolute atomic E-state index is 0.128. The van der Waals surface area contributed by atoms with Gasteiger partial charge in [-0.25, -0.2) is 0 Å². The SMILES string of the molecule is Cc1ccccc1C(=O)/C=c1\[nH]c(=O)/c(=C\c2ccc3c(c2)OCCO3)s1. The average Bonchev–Trinajstić information content (AvgIpc) is 3.00. The van der Waals surface area contributed by atoms with Crippen molar-refractivity contribution in [3.8, 4) is 11.5 Å². The summed E-state index contributed by atoms with van der Waals surface area (Å²) in [5.41, 5.74) is 2.15. The maximum Gasteiger partial charge on any atom is 0.266 e. The summed E-state index contributed by atoms with van der Waals surface area (Å²) in [6.45, 7) is 2.93. The molecular formula is C21H17NO4S. The molecule has 0 amide bonds. The van der Waals surface area contributed by atoms with Crippen LogP contribution in [0.5, 0.6) is 11.5 Å². The molecule has 1 aliphatic rings. The summed E-state index contributed by atoms with van der Waals surface area (Å²) >= 11 is 1.25. The monoisotopic (exact) mass is 379 g/mol. The van der Waals surface area contributed by atoms with Crippen molar-refractivity contribution < 1.29 is 14.3 Å². The van der Waals surface area contributed by atoms with Crippen molar-refractivity contribution in [3.63, 3.8) is 0 Å². The van der Waals surface area contributed by atoms with E-state index in [1.807, 2.05) is 43.3 Å². The normalized spacial score (nSPS) is 14.4. The maximum atomic E-state index is 12.5. The molecule has 1 N–H and O–H groups in total. The fourth-order valence-corrected chi connectivity index (χ4v) is 3.76. The molecule has 6 heteroatoms. The molecule has 0 unspecified atom stereocenters. The van der Waals surface area contributed by atoms with Gasteiger partial charge in [0.25, 0.3) is 5.56 Å². The first-order valence-electron chi connectivity index (χ1n) is 8.52. The Hall–Kier alpha value is -3.12. The van der Waals surface area contributed by atoms with Gasteiger partial charge < -0.3 is 14.5 Å². The van der Waals surface area contributed by atoms with Crippen LogP contribution in [0.3, 0.4) is 0 Å². The van der Waals surface area contributed by atoms with E-state index in [4.69, 9.17) is 9.47 Å². The van der Waals surface area contributed by atoms with Crippen molar-refractivity contribution in [3.05, 3.63) is 78.7 Å². The zero-order valence-electron chi connectivity index (χ0n) is 14.7. The van der Waals surface area contributed by atoms with Crippen LogP contribution in [0.2, 0.25) is 0 Å². The highest BCUT2D eigenvalue weighted by atomic mass is 32.1. The third-order valence-corrected chi connectivity index (χ3v) is 5.18. The Labute approximate surface area is 159 Å². The fraction of sp³-hybridized carbons (Fsp3) is 0.143. The molecule has 0 atom stereocenters. The Morgan fingerprint density at radius 3 is 2.70 bits per heavy atom. The molecule has 0 aliphatic carbocycles. The summed E-state index contributed by atoms with van der Waals surface area (Å²) in [5, 5.41) is 0. The molecule has 1 aromatic heterocycles. The van der Waals surface area contributed by atoms with Crippen molar-refractivity contribution in [2.24, 2.45) is 0 Å². The van der Waals surface area contributed by atoms with Crippen LogP contribution >= 0.6 is 11.3 Å². The van der Waals surface area contributed by atoms with Gasteiger partial charge in [-0.15, -0.1) is 11.3 Å². The number of aromatic amines is 1. The molecule has 1 aliphatic heterocycles.